The van der Waals surface area contributed by atoms with Gasteiger partial charge in [-0.15, -0.1) is 0 Å². The molecule has 0 saturated carbocycles. The summed E-state index contributed by atoms with van der Waals surface area (Å²) in [6.45, 7) is 13.4. The van der Waals surface area contributed by atoms with Gasteiger partial charge in [0.25, 0.3) is 0 Å². The molecule has 0 bridgehead atoms. The van der Waals surface area contributed by atoms with Crippen LogP contribution in [-0.4, -0.2) is 42.0 Å². The number of anilines is 2. The van der Waals surface area contributed by atoms with Crippen molar-refractivity contribution in [2.24, 2.45) is 11.8 Å². The maximum absolute atomic E-state index is 12.3. The van der Waals surface area contributed by atoms with E-state index in [0.717, 1.165) is 18.8 Å². The van der Waals surface area contributed by atoms with E-state index in [1.807, 2.05) is 13.8 Å². The molecule has 1 aliphatic rings. The van der Waals surface area contributed by atoms with E-state index in [9.17, 15) is 9.59 Å². The number of nitrogens with zero attached hydrogens (tertiary/aromatic N) is 1. The number of nitrogens with one attached hydrogen (secondary N) is 3. The summed E-state index contributed by atoms with van der Waals surface area (Å²) in [4.78, 5) is 26.6. The van der Waals surface area contributed by atoms with Crippen LogP contribution in [0.1, 0.15) is 53.9 Å². The largest absolute Gasteiger partial charge is 0.336 e. The van der Waals surface area contributed by atoms with Crippen LogP contribution in [0.5, 0.6) is 0 Å². The highest BCUT2D eigenvalue weighted by atomic mass is 16.2. The molecule has 28 heavy (non-hydrogen) atoms. The van der Waals surface area contributed by atoms with E-state index in [1.54, 1.807) is 24.3 Å². The van der Waals surface area contributed by atoms with Gasteiger partial charge in [0.15, 0.2) is 0 Å². The molecule has 0 aliphatic carbocycles. The highest BCUT2D eigenvalue weighted by molar-refractivity contribution is 5.92. The summed E-state index contributed by atoms with van der Waals surface area (Å²) in [5.41, 5.74) is 1.36. The van der Waals surface area contributed by atoms with Crippen molar-refractivity contribution in [1.82, 2.24) is 10.2 Å². The summed E-state index contributed by atoms with van der Waals surface area (Å²) in [6.07, 6.45) is 3.00. The van der Waals surface area contributed by atoms with Gasteiger partial charge in [-0.2, -0.15) is 0 Å². The van der Waals surface area contributed by atoms with Crippen LogP contribution < -0.4 is 16.0 Å². The lowest BCUT2D eigenvalue weighted by Crippen LogP contribution is -2.55. The average Bonchev–Trinajstić information content (AvgIpc) is 2.61. The van der Waals surface area contributed by atoms with Crippen LogP contribution in [0.3, 0.4) is 0 Å². The quantitative estimate of drug-likeness (QED) is 0.652. The van der Waals surface area contributed by atoms with E-state index >= 15 is 0 Å². The van der Waals surface area contributed by atoms with E-state index in [0.29, 0.717) is 30.5 Å². The Hall–Kier alpha value is -2.08. The number of piperidine rings is 1. The van der Waals surface area contributed by atoms with Crippen LogP contribution in [0.2, 0.25) is 0 Å². The van der Waals surface area contributed by atoms with Gasteiger partial charge in [-0.25, -0.2) is 4.79 Å². The molecule has 1 heterocycles. The van der Waals surface area contributed by atoms with Crippen molar-refractivity contribution in [2.45, 2.75) is 59.4 Å². The number of carbonyl (C=O) groups is 2. The van der Waals surface area contributed by atoms with Gasteiger partial charge in [-0.1, -0.05) is 20.8 Å². The molecule has 156 valence electrons. The number of urea groups is 1. The Bertz CT molecular complexity index is 655. The van der Waals surface area contributed by atoms with Gasteiger partial charge < -0.3 is 16.0 Å². The van der Waals surface area contributed by atoms with Crippen LogP contribution in [0, 0.1) is 11.8 Å². The second-order valence-corrected chi connectivity index (χ2v) is 9.04. The van der Waals surface area contributed by atoms with Gasteiger partial charge >= 0.3 is 6.03 Å². The number of benzene rings is 1. The molecular formula is C22H36N4O2. The van der Waals surface area contributed by atoms with Crippen molar-refractivity contribution in [1.29, 1.82) is 0 Å². The van der Waals surface area contributed by atoms with E-state index < -0.39 is 0 Å². The van der Waals surface area contributed by atoms with Gasteiger partial charge in [0.2, 0.25) is 5.91 Å². The summed E-state index contributed by atoms with van der Waals surface area (Å²) in [5, 5.41) is 8.71. The molecule has 0 aromatic heterocycles. The van der Waals surface area contributed by atoms with Crippen molar-refractivity contribution in [3.05, 3.63) is 24.3 Å². The van der Waals surface area contributed by atoms with Crippen LogP contribution in [0.4, 0.5) is 16.2 Å². The van der Waals surface area contributed by atoms with Crippen molar-refractivity contribution >= 4 is 23.3 Å². The lowest BCUT2D eigenvalue weighted by molar-refractivity contribution is -0.116. The highest BCUT2D eigenvalue weighted by Crippen LogP contribution is 2.23. The normalized spacial score (nSPS) is 18.0. The first kappa shape index (κ1) is 22.2. The second-order valence-electron chi connectivity index (χ2n) is 9.04. The van der Waals surface area contributed by atoms with E-state index in [2.05, 4.69) is 41.6 Å². The third-order valence-corrected chi connectivity index (χ3v) is 5.21. The predicted octanol–water partition coefficient (Wildman–Crippen LogP) is 4.30. The minimum atomic E-state index is -0.213. The van der Waals surface area contributed by atoms with Crippen LogP contribution in [0.25, 0.3) is 0 Å². The maximum atomic E-state index is 12.3. The number of likely N-dealkylation sites (tertiary alicyclic amines) is 1. The summed E-state index contributed by atoms with van der Waals surface area (Å²) < 4.78 is 0. The Balaban J connectivity index is 1.80. The molecule has 1 atom stereocenters. The summed E-state index contributed by atoms with van der Waals surface area (Å²) in [7, 11) is 0. The average molecular weight is 389 g/mol. The van der Waals surface area contributed by atoms with E-state index in [4.69, 9.17) is 0 Å². The zero-order valence-corrected chi connectivity index (χ0v) is 18.0. The van der Waals surface area contributed by atoms with Crippen LogP contribution in [0.15, 0.2) is 24.3 Å². The number of carbonyl (C=O) groups excluding carboxylic acids is 2. The first-order valence-corrected chi connectivity index (χ1v) is 10.4. The van der Waals surface area contributed by atoms with E-state index in [-0.39, 0.29) is 17.5 Å². The third kappa shape index (κ3) is 7.15. The zero-order chi connectivity index (χ0) is 20.7. The van der Waals surface area contributed by atoms with Gasteiger partial charge in [0, 0.05) is 36.4 Å². The molecule has 1 aliphatic heterocycles. The van der Waals surface area contributed by atoms with Gasteiger partial charge in [-0.3, -0.25) is 9.69 Å². The van der Waals surface area contributed by atoms with Crippen molar-refractivity contribution in [3.8, 4) is 0 Å². The number of rotatable bonds is 7. The second kappa shape index (κ2) is 9.92. The molecule has 2 rings (SSSR count). The Kier molecular flexibility index (Phi) is 7.87. The Morgan fingerprint density at radius 1 is 1.14 bits per heavy atom. The summed E-state index contributed by atoms with van der Waals surface area (Å²) >= 11 is 0. The number of amides is 3. The summed E-state index contributed by atoms with van der Waals surface area (Å²) in [6, 6.07) is 6.97. The first-order valence-electron chi connectivity index (χ1n) is 10.4. The maximum Gasteiger partial charge on any atom is 0.319 e. The molecule has 1 aromatic carbocycles. The van der Waals surface area contributed by atoms with E-state index in [1.165, 1.54) is 12.8 Å². The third-order valence-electron chi connectivity index (χ3n) is 5.21. The molecule has 6 heteroatoms. The molecular weight excluding hydrogens is 352 g/mol. The van der Waals surface area contributed by atoms with Gasteiger partial charge in [0.05, 0.1) is 0 Å². The summed E-state index contributed by atoms with van der Waals surface area (Å²) in [5.74, 6) is 1.03. The Morgan fingerprint density at radius 2 is 1.75 bits per heavy atom. The predicted molar refractivity (Wildman–Crippen MR) is 116 cm³/mol. The molecule has 0 radical (unpaired) electrons. The molecule has 3 N–H and O–H groups in total. The molecule has 1 fully saturated rings. The SMILES string of the molecule is CC(C)CC(=O)Nc1ccc(NC(=O)NCC(C)(C)N2CCC[C@H](C)C2)cc1. The minimum Gasteiger partial charge on any atom is -0.336 e. The minimum absolute atomic E-state index is 0.00251. The lowest BCUT2D eigenvalue weighted by Gasteiger charge is -2.43. The lowest BCUT2D eigenvalue weighted by atomic mass is 9.93. The fourth-order valence-corrected chi connectivity index (χ4v) is 3.54. The standard InChI is InChI=1S/C22H36N4O2/c1-16(2)13-20(27)24-18-8-10-19(11-9-18)25-21(28)23-15-22(4,5)26-12-6-7-17(3)14-26/h8-11,16-17H,6-7,12-15H2,1-5H3,(H,24,27)(H2,23,25,28)/t17-/m0/s1. The van der Waals surface area contributed by atoms with Gasteiger partial charge in [0.1, 0.15) is 0 Å². The van der Waals surface area contributed by atoms with Crippen molar-refractivity contribution in [2.75, 3.05) is 30.3 Å². The van der Waals surface area contributed by atoms with Crippen LogP contribution in [-0.2, 0) is 4.79 Å². The monoisotopic (exact) mass is 388 g/mol. The fraction of sp³-hybridized carbons (Fsp3) is 0.636. The molecule has 1 aromatic rings. The highest BCUT2D eigenvalue weighted by Gasteiger charge is 2.30. The zero-order valence-electron chi connectivity index (χ0n) is 18.0. The van der Waals surface area contributed by atoms with Crippen molar-refractivity contribution < 1.29 is 9.59 Å². The Labute approximate surface area is 169 Å². The van der Waals surface area contributed by atoms with Gasteiger partial charge in [-0.05, 0) is 69.3 Å². The molecule has 6 nitrogen and oxygen atoms in total. The molecule has 3 amide bonds. The topological polar surface area (TPSA) is 73.5 Å². The number of hydrogen-bond acceptors (Lipinski definition) is 3. The molecule has 0 spiro atoms. The van der Waals surface area contributed by atoms with Crippen molar-refractivity contribution in [3.63, 3.8) is 0 Å². The van der Waals surface area contributed by atoms with Crippen LogP contribution >= 0.6 is 0 Å². The first-order chi connectivity index (χ1) is 13.2. The number of hydrogen-bond donors (Lipinski definition) is 3. The smallest absolute Gasteiger partial charge is 0.319 e. The molecule has 0 unspecified atom stereocenters. The molecule has 1 saturated heterocycles. The fourth-order valence-electron chi connectivity index (χ4n) is 3.54. The Morgan fingerprint density at radius 3 is 2.32 bits per heavy atom.